The van der Waals surface area contributed by atoms with Gasteiger partial charge in [-0.2, -0.15) is 0 Å². The topological polar surface area (TPSA) is 41.1 Å². The van der Waals surface area contributed by atoms with E-state index in [0.29, 0.717) is 18.5 Å². The van der Waals surface area contributed by atoms with E-state index in [4.69, 9.17) is 0 Å². The molecule has 1 rings (SSSR count). The number of amides is 1. The number of carbonyl (C=O) groups excluding carboxylic acids is 1. The van der Waals surface area contributed by atoms with Gasteiger partial charge in [0.15, 0.2) is 0 Å². The molecule has 1 amide bonds. The Morgan fingerprint density at radius 1 is 1.31 bits per heavy atom. The van der Waals surface area contributed by atoms with E-state index in [0.717, 1.165) is 25.3 Å². The number of carbonyl (C=O) groups is 1. The van der Waals surface area contributed by atoms with Gasteiger partial charge in [0, 0.05) is 18.5 Å². The molecule has 0 bridgehead atoms. The maximum Gasteiger partial charge on any atom is 0.220 e. The van der Waals surface area contributed by atoms with E-state index in [1.54, 1.807) is 0 Å². The maximum atomic E-state index is 11.6. The van der Waals surface area contributed by atoms with E-state index in [-0.39, 0.29) is 5.91 Å². The molecule has 2 N–H and O–H groups in total. The quantitative estimate of drug-likeness (QED) is 0.622. The van der Waals surface area contributed by atoms with Gasteiger partial charge in [0.25, 0.3) is 0 Å². The molecule has 3 heteroatoms. The van der Waals surface area contributed by atoms with Crippen molar-refractivity contribution < 1.29 is 4.79 Å². The number of hydrogen-bond donors (Lipinski definition) is 2. The minimum Gasteiger partial charge on any atom is -0.354 e. The van der Waals surface area contributed by atoms with E-state index < -0.39 is 0 Å². The number of nitrogens with one attached hydrogen (secondary N) is 2. The Hall–Kier alpha value is -0.570. The lowest BCUT2D eigenvalue weighted by atomic mass is 10.1. The van der Waals surface area contributed by atoms with E-state index in [2.05, 4.69) is 31.4 Å². The smallest absolute Gasteiger partial charge is 0.220 e. The summed E-state index contributed by atoms with van der Waals surface area (Å²) in [5.74, 6) is 1.09. The van der Waals surface area contributed by atoms with Crippen LogP contribution in [0.25, 0.3) is 0 Å². The van der Waals surface area contributed by atoms with Crippen molar-refractivity contribution in [3.05, 3.63) is 0 Å². The Bertz CT molecular complexity index is 212. The highest BCUT2D eigenvalue weighted by atomic mass is 16.1. The Labute approximate surface area is 99.4 Å². The van der Waals surface area contributed by atoms with Crippen molar-refractivity contribution in [2.75, 3.05) is 6.54 Å². The zero-order chi connectivity index (χ0) is 12.0. The summed E-state index contributed by atoms with van der Waals surface area (Å²) in [7, 11) is 0. The van der Waals surface area contributed by atoms with Gasteiger partial charge >= 0.3 is 0 Å². The van der Waals surface area contributed by atoms with Crippen molar-refractivity contribution in [2.45, 2.75) is 65.0 Å². The average molecular weight is 226 g/mol. The molecule has 0 heterocycles. The van der Waals surface area contributed by atoms with Gasteiger partial charge in [-0.25, -0.2) is 0 Å². The third-order valence-corrected chi connectivity index (χ3v) is 2.92. The summed E-state index contributed by atoms with van der Waals surface area (Å²) in [6.45, 7) is 7.29. The Morgan fingerprint density at radius 2 is 2.00 bits per heavy atom. The van der Waals surface area contributed by atoms with Gasteiger partial charge in [-0.05, 0) is 32.2 Å². The first kappa shape index (κ1) is 13.5. The minimum atomic E-state index is 0.207. The maximum absolute atomic E-state index is 11.6. The van der Waals surface area contributed by atoms with Gasteiger partial charge in [-0.15, -0.1) is 0 Å². The molecule has 0 aliphatic heterocycles. The van der Waals surface area contributed by atoms with Gasteiger partial charge in [0.2, 0.25) is 5.91 Å². The molecule has 0 saturated heterocycles. The van der Waals surface area contributed by atoms with Gasteiger partial charge in [-0.3, -0.25) is 4.79 Å². The normalized spacial score (nSPS) is 17.5. The van der Waals surface area contributed by atoms with Crippen molar-refractivity contribution in [1.82, 2.24) is 10.6 Å². The lowest BCUT2D eigenvalue weighted by Gasteiger charge is -2.13. The second kappa shape index (κ2) is 6.89. The van der Waals surface area contributed by atoms with Crippen LogP contribution in [0.15, 0.2) is 0 Å². The van der Waals surface area contributed by atoms with E-state index in [9.17, 15) is 4.79 Å². The van der Waals surface area contributed by atoms with Crippen LogP contribution in [0, 0.1) is 5.92 Å². The van der Waals surface area contributed by atoms with Crippen molar-refractivity contribution in [1.29, 1.82) is 0 Å². The molecule has 1 saturated carbocycles. The van der Waals surface area contributed by atoms with Crippen molar-refractivity contribution in [3.8, 4) is 0 Å². The molecule has 1 fully saturated rings. The molecule has 3 nitrogen and oxygen atoms in total. The summed E-state index contributed by atoms with van der Waals surface area (Å²) >= 11 is 0. The van der Waals surface area contributed by atoms with Crippen LogP contribution in [0.1, 0.15) is 52.9 Å². The molecular formula is C13H26N2O. The highest BCUT2D eigenvalue weighted by Gasteiger charge is 2.23. The van der Waals surface area contributed by atoms with Gasteiger partial charge in [0.1, 0.15) is 0 Å². The molecule has 0 aromatic heterocycles. The van der Waals surface area contributed by atoms with Crippen LogP contribution < -0.4 is 10.6 Å². The molecule has 1 aliphatic rings. The lowest BCUT2D eigenvalue weighted by molar-refractivity contribution is -0.121. The Kier molecular flexibility index (Phi) is 5.81. The summed E-state index contributed by atoms with van der Waals surface area (Å²) in [5.41, 5.74) is 0. The monoisotopic (exact) mass is 226 g/mol. The largest absolute Gasteiger partial charge is 0.354 e. The van der Waals surface area contributed by atoms with Crippen LogP contribution >= 0.6 is 0 Å². The molecule has 1 unspecified atom stereocenters. The predicted molar refractivity (Wildman–Crippen MR) is 67.3 cm³/mol. The fraction of sp³-hybridized carbons (Fsp3) is 0.923. The number of hydrogen-bond acceptors (Lipinski definition) is 2. The molecular weight excluding hydrogens is 200 g/mol. The second-order valence-electron chi connectivity index (χ2n) is 5.36. The summed E-state index contributed by atoms with van der Waals surface area (Å²) in [6.07, 6.45) is 5.46. The molecule has 0 radical (unpaired) electrons. The van der Waals surface area contributed by atoms with Crippen molar-refractivity contribution in [3.63, 3.8) is 0 Å². The van der Waals surface area contributed by atoms with Crippen LogP contribution in [-0.2, 0) is 4.79 Å². The van der Waals surface area contributed by atoms with Crippen molar-refractivity contribution in [2.24, 2.45) is 5.92 Å². The Morgan fingerprint density at radius 3 is 2.56 bits per heavy atom. The zero-order valence-electron chi connectivity index (χ0n) is 10.9. The van der Waals surface area contributed by atoms with E-state index >= 15 is 0 Å². The fourth-order valence-corrected chi connectivity index (χ4v) is 1.90. The first-order valence-electron chi connectivity index (χ1n) is 6.60. The SMILES string of the molecule is CC(C)NCCCC(=O)NC(C)CC1CC1. The Balaban J connectivity index is 1.96. The van der Waals surface area contributed by atoms with E-state index in [1.807, 2.05) is 0 Å². The van der Waals surface area contributed by atoms with Gasteiger partial charge < -0.3 is 10.6 Å². The zero-order valence-corrected chi connectivity index (χ0v) is 10.9. The fourth-order valence-electron chi connectivity index (χ4n) is 1.90. The van der Waals surface area contributed by atoms with E-state index in [1.165, 1.54) is 12.8 Å². The van der Waals surface area contributed by atoms with Crippen LogP contribution in [0.3, 0.4) is 0 Å². The van der Waals surface area contributed by atoms with Crippen LogP contribution in [-0.4, -0.2) is 24.5 Å². The molecule has 1 atom stereocenters. The molecule has 16 heavy (non-hydrogen) atoms. The first-order valence-corrected chi connectivity index (χ1v) is 6.60. The second-order valence-corrected chi connectivity index (χ2v) is 5.36. The summed E-state index contributed by atoms with van der Waals surface area (Å²) in [4.78, 5) is 11.6. The van der Waals surface area contributed by atoms with Crippen LogP contribution in [0.5, 0.6) is 0 Å². The minimum absolute atomic E-state index is 0.207. The summed E-state index contributed by atoms with van der Waals surface area (Å²) in [6, 6.07) is 0.870. The third kappa shape index (κ3) is 6.83. The summed E-state index contributed by atoms with van der Waals surface area (Å²) < 4.78 is 0. The van der Waals surface area contributed by atoms with Gasteiger partial charge in [0.05, 0.1) is 0 Å². The molecule has 0 aromatic carbocycles. The standard InChI is InChI=1S/C13H26N2O/c1-10(2)14-8-4-5-13(16)15-11(3)9-12-6-7-12/h10-12,14H,4-9H2,1-3H3,(H,15,16). The average Bonchev–Trinajstić information content (AvgIpc) is 2.95. The highest BCUT2D eigenvalue weighted by molar-refractivity contribution is 5.76. The molecule has 0 spiro atoms. The van der Waals surface area contributed by atoms with Gasteiger partial charge in [-0.1, -0.05) is 26.7 Å². The van der Waals surface area contributed by atoms with Crippen molar-refractivity contribution >= 4 is 5.91 Å². The van der Waals surface area contributed by atoms with Crippen LogP contribution in [0.2, 0.25) is 0 Å². The predicted octanol–water partition coefficient (Wildman–Crippen LogP) is 2.07. The third-order valence-electron chi connectivity index (χ3n) is 2.92. The first-order chi connectivity index (χ1) is 7.58. The number of rotatable bonds is 8. The lowest BCUT2D eigenvalue weighted by Crippen LogP contribution is -2.33. The highest BCUT2D eigenvalue weighted by Crippen LogP contribution is 2.33. The molecule has 1 aliphatic carbocycles. The molecule has 0 aromatic rings. The van der Waals surface area contributed by atoms with Crippen LogP contribution in [0.4, 0.5) is 0 Å². The summed E-state index contributed by atoms with van der Waals surface area (Å²) in [5, 5.41) is 6.39. The molecule has 94 valence electrons.